The highest BCUT2D eigenvalue weighted by Gasteiger charge is 2.14. The van der Waals surface area contributed by atoms with E-state index in [1.165, 1.54) is 12.1 Å². The number of halogens is 2. The molecule has 0 saturated heterocycles. The molecule has 26 heavy (non-hydrogen) atoms. The Morgan fingerprint density at radius 2 is 1.88 bits per heavy atom. The van der Waals surface area contributed by atoms with Gasteiger partial charge in [0.15, 0.2) is 12.4 Å². The summed E-state index contributed by atoms with van der Waals surface area (Å²) < 4.78 is 11.0. The number of ketones is 1. The molecule has 0 atom stereocenters. The fourth-order valence-corrected chi connectivity index (χ4v) is 3.05. The highest BCUT2D eigenvalue weighted by Crippen LogP contribution is 2.29. The number of carbonyl (C=O) groups is 1. The van der Waals surface area contributed by atoms with Crippen LogP contribution >= 0.6 is 23.2 Å². The van der Waals surface area contributed by atoms with Crippen LogP contribution in [0.1, 0.15) is 28.4 Å². The van der Waals surface area contributed by atoms with E-state index in [0.29, 0.717) is 32.5 Å². The van der Waals surface area contributed by atoms with Gasteiger partial charge in [-0.05, 0) is 49.2 Å². The molecule has 0 radical (unpaired) electrons. The molecule has 6 heteroatoms. The largest absolute Gasteiger partial charge is 0.485 e. The second kappa shape index (κ2) is 7.52. The quantitative estimate of drug-likeness (QED) is 0.441. The molecule has 0 aliphatic heterocycles. The van der Waals surface area contributed by atoms with Gasteiger partial charge < -0.3 is 9.15 Å². The van der Waals surface area contributed by atoms with E-state index in [4.69, 9.17) is 32.4 Å². The molecule has 0 bridgehead atoms. The summed E-state index contributed by atoms with van der Waals surface area (Å²) in [5.74, 6) is 0.258. The summed E-state index contributed by atoms with van der Waals surface area (Å²) in [6, 6.07) is 9.78. The van der Waals surface area contributed by atoms with Gasteiger partial charge in [-0.2, -0.15) is 0 Å². The maximum absolute atomic E-state index is 12.3. The Bertz CT molecular complexity index is 1050. The lowest BCUT2D eigenvalue weighted by Crippen LogP contribution is -2.12. The Morgan fingerprint density at radius 3 is 2.58 bits per heavy atom. The van der Waals surface area contributed by atoms with Crippen molar-refractivity contribution < 1.29 is 13.9 Å². The number of benzene rings is 2. The Balaban J connectivity index is 1.87. The topological polar surface area (TPSA) is 56.5 Å². The molecule has 134 valence electrons. The maximum atomic E-state index is 12.3. The molecule has 0 spiro atoms. The van der Waals surface area contributed by atoms with Gasteiger partial charge in [-0.1, -0.05) is 30.1 Å². The molecule has 0 fully saturated rings. The summed E-state index contributed by atoms with van der Waals surface area (Å²) in [5.41, 5.74) is 2.09. The molecule has 0 saturated carbocycles. The average Bonchev–Trinajstić information content (AvgIpc) is 2.63. The van der Waals surface area contributed by atoms with Gasteiger partial charge in [0.1, 0.15) is 11.3 Å². The van der Waals surface area contributed by atoms with Crippen molar-refractivity contribution in [2.24, 2.45) is 0 Å². The monoisotopic (exact) mass is 390 g/mol. The van der Waals surface area contributed by atoms with Crippen molar-refractivity contribution in [3.63, 3.8) is 0 Å². The zero-order chi connectivity index (χ0) is 18.8. The van der Waals surface area contributed by atoms with E-state index in [2.05, 4.69) is 0 Å². The molecule has 3 aromatic rings. The van der Waals surface area contributed by atoms with Crippen molar-refractivity contribution in [3.8, 4) is 5.75 Å². The first-order valence-corrected chi connectivity index (χ1v) is 8.83. The van der Waals surface area contributed by atoms with Gasteiger partial charge in [0.05, 0.1) is 10.0 Å². The summed E-state index contributed by atoms with van der Waals surface area (Å²) in [5, 5.41) is 1.57. The van der Waals surface area contributed by atoms with E-state index >= 15 is 0 Å². The molecule has 0 amide bonds. The van der Waals surface area contributed by atoms with Crippen LogP contribution in [-0.4, -0.2) is 12.4 Å². The van der Waals surface area contributed by atoms with Crippen LogP contribution in [0.2, 0.25) is 10.0 Å². The van der Waals surface area contributed by atoms with Crippen molar-refractivity contribution >= 4 is 40.0 Å². The van der Waals surface area contributed by atoms with Crippen LogP contribution in [0.3, 0.4) is 0 Å². The summed E-state index contributed by atoms with van der Waals surface area (Å²) >= 11 is 11.8. The van der Waals surface area contributed by atoms with Crippen LogP contribution < -0.4 is 10.4 Å². The first-order chi connectivity index (χ1) is 12.4. The summed E-state index contributed by atoms with van der Waals surface area (Å²) in [6.07, 6.45) is 0.720. The smallest absolute Gasteiger partial charge is 0.336 e. The molecule has 0 aliphatic rings. The minimum atomic E-state index is -0.401. The molecule has 2 aromatic carbocycles. The zero-order valence-electron chi connectivity index (χ0n) is 14.3. The number of fused-ring (bicyclic) bond motifs is 1. The second-order valence-electron chi connectivity index (χ2n) is 5.85. The number of carbonyl (C=O) groups excluding carboxylic acids is 1. The van der Waals surface area contributed by atoms with Crippen molar-refractivity contribution in [1.29, 1.82) is 0 Å². The molecule has 4 nitrogen and oxygen atoms in total. The maximum Gasteiger partial charge on any atom is 0.336 e. The Labute approximate surface area is 160 Å². The summed E-state index contributed by atoms with van der Waals surface area (Å²) in [4.78, 5) is 24.1. The lowest BCUT2D eigenvalue weighted by molar-refractivity contribution is 0.0921. The third kappa shape index (κ3) is 3.62. The van der Waals surface area contributed by atoms with E-state index < -0.39 is 5.63 Å². The molecule has 3 rings (SSSR count). The first kappa shape index (κ1) is 18.5. The minimum absolute atomic E-state index is 0.165. The molecule has 0 aliphatic carbocycles. The number of Topliss-reactive ketones (excluding diaryl/α,β-unsaturated/α-hetero) is 1. The normalized spacial score (nSPS) is 10.9. The van der Waals surface area contributed by atoms with Crippen molar-refractivity contribution in [2.75, 3.05) is 6.61 Å². The van der Waals surface area contributed by atoms with Crippen LogP contribution in [0.4, 0.5) is 0 Å². The first-order valence-electron chi connectivity index (χ1n) is 8.08. The van der Waals surface area contributed by atoms with Gasteiger partial charge in [0.2, 0.25) is 0 Å². The Hall–Kier alpha value is -2.30. The van der Waals surface area contributed by atoms with Crippen LogP contribution in [-0.2, 0) is 6.42 Å². The van der Waals surface area contributed by atoms with Crippen LogP contribution in [0.5, 0.6) is 5.75 Å². The van der Waals surface area contributed by atoms with E-state index in [-0.39, 0.29) is 12.4 Å². The van der Waals surface area contributed by atoms with E-state index in [9.17, 15) is 9.59 Å². The van der Waals surface area contributed by atoms with Crippen LogP contribution in [0.25, 0.3) is 11.0 Å². The number of ether oxygens (including phenoxy) is 1. The number of hydrogen-bond donors (Lipinski definition) is 0. The molecular formula is C20H16Cl2O4. The van der Waals surface area contributed by atoms with Crippen molar-refractivity contribution in [2.45, 2.75) is 20.3 Å². The minimum Gasteiger partial charge on any atom is -0.485 e. The fourth-order valence-electron chi connectivity index (χ4n) is 2.75. The standard InChI is InChI=1S/C20H16Cl2O4/c1-3-12-9-19(24)26-20-11(2)18(7-5-14(12)20)25-10-17(23)13-4-6-15(21)16(22)8-13/h4-9H,3,10H2,1-2H3. The fraction of sp³-hybridized carbons (Fsp3) is 0.200. The lowest BCUT2D eigenvalue weighted by Gasteiger charge is -2.11. The molecule has 0 N–H and O–H groups in total. The number of rotatable bonds is 5. The van der Waals surface area contributed by atoms with Gasteiger partial charge in [0, 0.05) is 22.6 Å². The van der Waals surface area contributed by atoms with Gasteiger partial charge >= 0.3 is 5.63 Å². The molecule has 0 unspecified atom stereocenters. The lowest BCUT2D eigenvalue weighted by atomic mass is 10.0. The highest BCUT2D eigenvalue weighted by molar-refractivity contribution is 6.42. The van der Waals surface area contributed by atoms with Crippen molar-refractivity contribution in [1.82, 2.24) is 0 Å². The van der Waals surface area contributed by atoms with Gasteiger partial charge in [-0.25, -0.2) is 4.79 Å². The highest BCUT2D eigenvalue weighted by atomic mass is 35.5. The SMILES string of the molecule is CCc1cc(=O)oc2c(C)c(OCC(=O)c3ccc(Cl)c(Cl)c3)ccc12. The predicted molar refractivity (Wildman–Crippen MR) is 103 cm³/mol. The predicted octanol–water partition coefficient (Wildman–Crippen LogP) is 5.23. The van der Waals surface area contributed by atoms with E-state index in [1.54, 1.807) is 25.1 Å². The third-order valence-electron chi connectivity index (χ3n) is 4.18. The summed E-state index contributed by atoms with van der Waals surface area (Å²) in [7, 11) is 0. The molecule has 1 aromatic heterocycles. The Morgan fingerprint density at radius 1 is 1.12 bits per heavy atom. The summed E-state index contributed by atoms with van der Waals surface area (Å²) in [6.45, 7) is 3.61. The van der Waals surface area contributed by atoms with Crippen molar-refractivity contribution in [3.05, 3.63) is 73.6 Å². The Kier molecular flexibility index (Phi) is 5.35. The van der Waals surface area contributed by atoms with Gasteiger partial charge in [-0.3, -0.25) is 4.79 Å². The van der Waals surface area contributed by atoms with E-state index in [1.807, 2.05) is 13.0 Å². The van der Waals surface area contributed by atoms with Crippen LogP contribution in [0, 0.1) is 6.92 Å². The zero-order valence-corrected chi connectivity index (χ0v) is 15.8. The average molecular weight is 391 g/mol. The van der Waals surface area contributed by atoms with Gasteiger partial charge in [0.25, 0.3) is 0 Å². The second-order valence-corrected chi connectivity index (χ2v) is 6.66. The van der Waals surface area contributed by atoms with Gasteiger partial charge in [-0.15, -0.1) is 0 Å². The molecule has 1 heterocycles. The number of aryl methyl sites for hydroxylation is 2. The molecular weight excluding hydrogens is 375 g/mol. The number of hydrogen-bond acceptors (Lipinski definition) is 4. The third-order valence-corrected chi connectivity index (χ3v) is 4.92. The van der Waals surface area contributed by atoms with Crippen LogP contribution in [0.15, 0.2) is 45.6 Å². The van der Waals surface area contributed by atoms with E-state index in [0.717, 1.165) is 17.4 Å².